The summed E-state index contributed by atoms with van der Waals surface area (Å²) >= 11 is 0. The molecule has 148 valence electrons. The smallest absolute Gasteiger partial charge is 0.253 e. The lowest BCUT2D eigenvalue weighted by atomic mass is 10.1. The molecule has 28 heavy (non-hydrogen) atoms. The van der Waals surface area contributed by atoms with Gasteiger partial charge in [0.25, 0.3) is 11.8 Å². The van der Waals surface area contributed by atoms with Gasteiger partial charge in [-0.25, -0.2) is 4.98 Å². The molecule has 1 heterocycles. The third-order valence-corrected chi connectivity index (χ3v) is 5.01. The van der Waals surface area contributed by atoms with Crippen molar-refractivity contribution in [2.45, 2.75) is 25.7 Å². The molecule has 0 unspecified atom stereocenters. The highest BCUT2D eigenvalue weighted by molar-refractivity contribution is 5.98. The molecule has 0 bridgehead atoms. The molecule has 7 heteroatoms. The zero-order valence-corrected chi connectivity index (χ0v) is 16.4. The first-order valence-corrected chi connectivity index (χ1v) is 9.56. The van der Waals surface area contributed by atoms with Crippen LogP contribution in [0.3, 0.4) is 0 Å². The quantitative estimate of drug-likeness (QED) is 0.684. The Labute approximate surface area is 165 Å². The molecule has 2 amide bonds. The van der Waals surface area contributed by atoms with Gasteiger partial charge in [-0.15, -0.1) is 0 Å². The van der Waals surface area contributed by atoms with E-state index in [0.29, 0.717) is 28.6 Å². The lowest BCUT2D eigenvalue weighted by Gasteiger charge is -2.16. The number of hydrogen-bond donors (Lipinski definition) is 3. The predicted octanol–water partition coefficient (Wildman–Crippen LogP) is 3.23. The van der Waals surface area contributed by atoms with Gasteiger partial charge in [-0.2, -0.15) is 0 Å². The van der Waals surface area contributed by atoms with Crippen molar-refractivity contribution in [3.8, 4) is 0 Å². The number of amides is 2. The number of carbonyl (C=O) groups is 2. The zero-order valence-electron chi connectivity index (χ0n) is 16.4. The van der Waals surface area contributed by atoms with Crippen molar-refractivity contribution in [2.75, 3.05) is 31.3 Å². The minimum Gasteiger partial charge on any atom is -0.384 e. The normalized spacial score (nSPS) is 13.9. The highest BCUT2D eigenvalue weighted by Crippen LogP contribution is 2.27. The van der Waals surface area contributed by atoms with E-state index < -0.39 is 5.91 Å². The number of aromatic nitrogens is 1. The fourth-order valence-corrected chi connectivity index (χ4v) is 3.47. The molecule has 1 saturated carbocycles. The van der Waals surface area contributed by atoms with Crippen molar-refractivity contribution >= 4 is 29.0 Å². The van der Waals surface area contributed by atoms with Gasteiger partial charge < -0.3 is 21.3 Å². The number of nitrogens with two attached hydrogens (primary N) is 1. The Morgan fingerprint density at radius 1 is 1.21 bits per heavy atom. The Kier molecular flexibility index (Phi) is 6.13. The van der Waals surface area contributed by atoms with E-state index >= 15 is 0 Å². The third kappa shape index (κ3) is 4.79. The van der Waals surface area contributed by atoms with Crippen LogP contribution in [0.15, 0.2) is 36.5 Å². The van der Waals surface area contributed by atoms with E-state index in [0.717, 1.165) is 12.2 Å². The summed E-state index contributed by atoms with van der Waals surface area (Å²) in [6, 6.07) is 9.01. The number of hydrogen-bond acceptors (Lipinski definition) is 5. The summed E-state index contributed by atoms with van der Waals surface area (Å²) in [5.74, 6) is 0.624. The first kappa shape index (κ1) is 19.7. The highest BCUT2D eigenvalue weighted by atomic mass is 16.2. The van der Waals surface area contributed by atoms with Gasteiger partial charge in [-0.3, -0.25) is 9.59 Å². The topological polar surface area (TPSA) is 100 Å². The molecule has 1 aromatic heterocycles. The first-order chi connectivity index (χ1) is 13.4. The monoisotopic (exact) mass is 381 g/mol. The Morgan fingerprint density at radius 3 is 2.64 bits per heavy atom. The summed E-state index contributed by atoms with van der Waals surface area (Å²) in [4.78, 5) is 29.7. The molecule has 2 aromatic rings. The Hall–Kier alpha value is -3.09. The van der Waals surface area contributed by atoms with Gasteiger partial charge in [0.2, 0.25) is 0 Å². The van der Waals surface area contributed by atoms with Gasteiger partial charge in [0.15, 0.2) is 0 Å². The number of pyridine rings is 1. The molecule has 0 aliphatic heterocycles. The molecule has 0 saturated heterocycles. The number of carbonyl (C=O) groups excluding carboxylic acids is 2. The molecule has 1 fully saturated rings. The average molecular weight is 381 g/mol. The SMILES string of the molecule is CN(C)C(=O)c1cccc(Nc2cc(NCC3CCCC3)c(C(N)=O)cn2)c1. The maximum atomic E-state index is 12.2. The Bertz CT molecular complexity index is 860. The largest absolute Gasteiger partial charge is 0.384 e. The molecule has 1 aliphatic rings. The zero-order chi connectivity index (χ0) is 20.1. The molecular weight excluding hydrogens is 354 g/mol. The third-order valence-electron chi connectivity index (χ3n) is 5.01. The van der Waals surface area contributed by atoms with Gasteiger partial charge in [0, 0.05) is 44.2 Å². The summed E-state index contributed by atoms with van der Waals surface area (Å²) in [7, 11) is 3.43. The van der Waals surface area contributed by atoms with Crippen LogP contribution in [0.1, 0.15) is 46.4 Å². The van der Waals surface area contributed by atoms with Crippen LogP contribution < -0.4 is 16.4 Å². The lowest BCUT2D eigenvalue weighted by Crippen LogP contribution is -2.21. The fourth-order valence-electron chi connectivity index (χ4n) is 3.47. The van der Waals surface area contributed by atoms with Crippen LogP contribution >= 0.6 is 0 Å². The van der Waals surface area contributed by atoms with Gasteiger partial charge in [0.05, 0.1) is 11.3 Å². The molecule has 0 atom stereocenters. The van der Waals surface area contributed by atoms with E-state index in [9.17, 15) is 9.59 Å². The fraction of sp³-hybridized carbons (Fsp3) is 0.381. The van der Waals surface area contributed by atoms with Gasteiger partial charge in [0.1, 0.15) is 5.82 Å². The molecule has 1 aliphatic carbocycles. The van der Waals surface area contributed by atoms with Crippen LogP contribution in [0.4, 0.5) is 17.2 Å². The summed E-state index contributed by atoms with van der Waals surface area (Å²) in [5, 5.41) is 6.56. The summed E-state index contributed by atoms with van der Waals surface area (Å²) in [5.41, 5.74) is 7.88. The molecule has 7 nitrogen and oxygen atoms in total. The molecule has 1 aromatic carbocycles. The van der Waals surface area contributed by atoms with E-state index in [4.69, 9.17) is 5.73 Å². The second-order valence-corrected chi connectivity index (χ2v) is 7.42. The minimum absolute atomic E-state index is 0.0698. The van der Waals surface area contributed by atoms with Gasteiger partial charge in [-0.05, 0) is 37.0 Å². The summed E-state index contributed by atoms with van der Waals surface area (Å²) in [6.07, 6.45) is 6.43. The van der Waals surface area contributed by atoms with Crippen molar-refractivity contribution in [2.24, 2.45) is 11.7 Å². The maximum absolute atomic E-state index is 12.2. The number of nitrogens with zero attached hydrogens (tertiary/aromatic N) is 2. The number of primary amides is 1. The molecule has 0 radical (unpaired) electrons. The standard InChI is InChI=1S/C21H27N5O2/c1-26(2)21(28)15-8-5-9-16(10-15)25-19-11-18(17(13-24-19)20(22)27)23-12-14-6-3-4-7-14/h5,8-11,13-14H,3-4,6-7,12H2,1-2H3,(H2,22,27)(H2,23,24,25). The number of benzene rings is 1. The predicted molar refractivity (Wildman–Crippen MR) is 111 cm³/mol. The number of nitrogens with one attached hydrogen (secondary N) is 2. The van der Waals surface area contributed by atoms with Crippen molar-refractivity contribution in [3.63, 3.8) is 0 Å². The number of rotatable bonds is 7. The van der Waals surface area contributed by atoms with Crippen LogP contribution in [0.5, 0.6) is 0 Å². The molecule has 3 rings (SSSR count). The van der Waals surface area contributed by atoms with Crippen LogP contribution in [0.25, 0.3) is 0 Å². The van der Waals surface area contributed by atoms with E-state index in [2.05, 4.69) is 15.6 Å². The highest BCUT2D eigenvalue weighted by Gasteiger charge is 2.17. The van der Waals surface area contributed by atoms with Gasteiger partial charge in [-0.1, -0.05) is 18.9 Å². The second kappa shape index (κ2) is 8.73. The van der Waals surface area contributed by atoms with Crippen molar-refractivity contribution in [1.29, 1.82) is 0 Å². The lowest BCUT2D eigenvalue weighted by molar-refractivity contribution is 0.0827. The Balaban J connectivity index is 1.78. The van der Waals surface area contributed by atoms with E-state index in [1.165, 1.54) is 36.8 Å². The van der Waals surface area contributed by atoms with Crippen molar-refractivity contribution in [1.82, 2.24) is 9.88 Å². The van der Waals surface area contributed by atoms with Crippen molar-refractivity contribution in [3.05, 3.63) is 47.7 Å². The van der Waals surface area contributed by atoms with E-state index in [1.807, 2.05) is 12.1 Å². The van der Waals surface area contributed by atoms with Gasteiger partial charge >= 0.3 is 0 Å². The maximum Gasteiger partial charge on any atom is 0.253 e. The van der Waals surface area contributed by atoms with Crippen LogP contribution in [0, 0.1) is 5.92 Å². The van der Waals surface area contributed by atoms with Crippen LogP contribution in [-0.2, 0) is 0 Å². The van der Waals surface area contributed by atoms with E-state index in [-0.39, 0.29) is 5.91 Å². The van der Waals surface area contributed by atoms with E-state index in [1.54, 1.807) is 32.3 Å². The minimum atomic E-state index is -0.508. The molecule has 0 spiro atoms. The number of anilines is 3. The average Bonchev–Trinajstić information content (AvgIpc) is 3.19. The first-order valence-electron chi connectivity index (χ1n) is 9.56. The summed E-state index contributed by atoms with van der Waals surface area (Å²) < 4.78 is 0. The van der Waals surface area contributed by atoms with Crippen molar-refractivity contribution < 1.29 is 9.59 Å². The molecular formula is C21H27N5O2. The summed E-state index contributed by atoms with van der Waals surface area (Å²) in [6.45, 7) is 0.816. The Morgan fingerprint density at radius 2 is 1.96 bits per heavy atom. The van der Waals surface area contributed by atoms with Crippen LogP contribution in [0.2, 0.25) is 0 Å². The molecule has 4 N–H and O–H groups in total. The second-order valence-electron chi connectivity index (χ2n) is 7.42. The van der Waals surface area contributed by atoms with Crippen LogP contribution in [-0.4, -0.2) is 42.3 Å².